The minimum absolute atomic E-state index is 0.226. The van der Waals surface area contributed by atoms with Gasteiger partial charge in [-0.05, 0) is 72.9 Å². The van der Waals surface area contributed by atoms with E-state index in [0.717, 1.165) is 35.1 Å². The van der Waals surface area contributed by atoms with Gasteiger partial charge in [-0.15, -0.1) is 0 Å². The topological polar surface area (TPSA) is 40.5 Å². The molecule has 0 aliphatic carbocycles. The van der Waals surface area contributed by atoms with Gasteiger partial charge in [0.25, 0.3) is 0 Å². The summed E-state index contributed by atoms with van der Waals surface area (Å²) < 4.78 is 0. The van der Waals surface area contributed by atoms with E-state index in [1.165, 1.54) is 11.1 Å². The first kappa shape index (κ1) is 20.0. The van der Waals surface area contributed by atoms with Crippen molar-refractivity contribution in [3.63, 3.8) is 0 Å². The molecule has 0 spiro atoms. The summed E-state index contributed by atoms with van der Waals surface area (Å²) in [4.78, 5) is 0. The molecular weight excluding hydrogens is 344 g/mol. The van der Waals surface area contributed by atoms with Crippen LogP contribution in [-0.4, -0.2) is 10.2 Å². The maximum absolute atomic E-state index is 10.3. The lowest BCUT2D eigenvalue weighted by Gasteiger charge is -2.20. The van der Waals surface area contributed by atoms with E-state index >= 15 is 0 Å². The summed E-state index contributed by atoms with van der Waals surface area (Å²) in [5.74, 6) is 1.19. The number of hydrogen-bond donors (Lipinski definition) is 2. The zero-order chi connectivity index (χ0) is 20.3. The van der Waals surface area contributed by atoms with E-state index in [-0.39, 0.29) is 11.8 Å². The molecule has 0 saturated carbocycles. The third-order valence-electron chi connectivity index (χ3n) is 5.60. The van der Waals surface area contributed by atoms with Crippen molar-refractivity contribution >= 4 is 0 Å². The monoisotopic (exact) mass is 374 g/mol. The summed E-state index contributed by atoms with van der Waals surface area (Å²) >= 11 is 0. The number of aryl methyl sites for hydroxylation is 2. The Morgan fingerprint density at radius 2 is 1.04 bits per heavy atom. The van der Waals surface area contributed by atoms with Gasteiger partial charge in [-0.2, -0.15) is 0 Å². The molecule has 0 bridgehead atoms. The lowest BCUT2D eigenvalue weighted by Crippen LogP contribution is -2.06. The highest BCUT2D eigenvalue weighted by Crippen LogP contribution is 2.33. The Labute approximate surface area is 168 Å². The van der Waals surface area contributed by atoms with Gasteiger partial charge in [-0.3, -0.25) is 0 Å². The molecule has 2 atom stereocenters. The second-order valence-electron chi connectivity index (χ2n) is 8.10. The number of hydrogen-bond acceptors (Lipinski definition) is 2. The van der Waals surface area contributed by atoms with Crippen LogP contribution in [0.25, 0.3) is 0 Å². The van der Waals surface area contributed by atoms with Crippen LogP contribution in [0, 0.1) is 13.8 Å². The van der Waals surface area contributed by atoms with Gasteiger partial charge < -0.3 is 10.2 Å². The van der Waals surface area contributed by atoms with Crippen molar-refractivity contribution < 1.29 is 10.2 Å². The maximum atomic E-state index is 10.3. The van der Waals surface area contributed by atoms with Crippen LogP contribution in [0.1, 0.15) is 59.1 Å². The SMILES string of the molecule is Cc1ccc(O)c(C(C)Cc2ccccc2CC(C)c2cc(C)ccc2O)c1. The Morgan fingerprint density at radius 1 is 0.643 bits per heavy atom. The number of phenols is 2. The lowest BCUT2D eigenvalue weighted by molar-refractivity contribution is 0.461. The average molecular weight is 375 g/mol. The Morgan fingerprint density at radius 3 is 1.43 bits per heavy atom. The molecule has 2 N–H and O–H groups in total. The molecule has 3 aromatic rings. The minimum atomic E-state index is 0.226. The summed E-state index contributed by atoms with van der Waals surface area (Å²) in [6, 6.07) is 20.1. The molecule has 0 fully saturated rings. The molecule has 2 nitrogen and oxygen atoms in total. The summed E-state index contributed by atoms with van der Waals surface area (Å²) in [6.45, 7) is 8.45. The van der Waals surface area contributed by atoms with Crippen molar-refractivity contribution in [1.29, 1.82) is 0 Å². The summed E-state index contributed by atoms with van der Waals surface area (Å²) in [6.07, 6.45) is 1.75. The van der Waals surface area contributed by atoms with Gasteiger partial charge in [0, 0.05) is 0 Å². The van der Waals surface area contributed by atoms with E-state index < -0.39 is 0 Å². The van der Waals surface area contributed by atoms with Crippen LogP contribution in [0.3, 0.4) is 0 Å². The molecule has 28 heavy (non-hydrogen) atoms. The van der Waals surface area contributed by atoms with E-state index in [9.17, 15) is 10.2 Å². The van der Waals surface area contributed by atoms with Crippen molar-refractivity contribution in [2.75, 3.05) is 0 Å². The smallest absolute Gasteiger partial charge is 0.119 e. The van der Waals surface area contributed by atoms with Gasteiger partial charge in [-0.25, -0.2) is 0 Å². The molecule has 0 aliphatic rings. The van der Waals surface area contributed by atoms with Crippen LogP contribution < -0.4 is 0 Å². The minimum Gasteiger partial charge on any atom is -0.508 e. The van der Waals surface area contributed by atoms with Crippen molar-refractivity contribution in [2.24, 2.45) is 0 Å². The molecule has 3 aromatic carbocycles. The quantitative estimate of drug-likeness (QED) is 0.523. The van der Waals surface area contributed by atoms with E-state index in [4.69, 9.17) is 0 Å². The zero-order valence-corrected chi connectivity index (χ0v) is 17.2. The molecule has 0 aliphatic heterocycles. The third kappa shape index (κ3) is 4.56. The van der Waals surface area contributed by atoms with E-state index in [2.05, 4.69) is 64.1 Å². The lowest BCUT2D eigenvalue weighted by atomic mass is 9.86. The van der Waals surface area contributed by atoms with Crippen molar-refractivity contribution in [1.82, 2.24) is 0 Å². The Hall–Kier alpha value is -2.74. The molecule has 0 saturated heterocycles. The van der Waals surface area contributed by atoms with Gasteiger partial charge in [-0.1, -0.05) is 73.5 Å². The fraction of sp³-hybridized carbons (Fsp3) is 0.308. The van der Waals surface area contributed by atoms with Crippen molar-refractivity contribution in [3.05, 3.63) is 94.0 Å². The van der Waals surface area contributed by atoms with E-state index in [0.29, 0.717) is 11.5 Å². The molecule has 0 heterocycles. The predicted molar refractivity (Wildman–Crippen MR) is 116 cm³/mol. The van der Waals surface area contributed by atoms with Crippen LogP contribution >= 0.6 is 0 Å². The van der Waals surface area contributed by atoms with Crippen LogP contribution in [-0.2, 0) is 12.8 Å². The predicted octanol–water partition coefficient (Wildman–Crippen LogP) is 6.41. The van der Waals surface area contributed by atoms with Crippen LogP contribution in [0.4, 0.5) is 0 Å². The van der Waals surface area contributed by atoms with E-state index in [1.807, 2.05) is 12.1 Å². The maximum Gasteiger partial charge on any atom is 0.119 e. The first-order valence-electron chi connectivity index (χ1n) is 10.0. The highest BCUT2D eigenvalue weighted by molar-refractivity contribution is 5.42. The fourth-order valence-corrected chi connectivity index (χ4v) is 3.97. The Balaban J connectivity index is 1.83. The highest BCUT2D eigenvalue weighted by Gasteiger charge is 2.16. The third-order valence-corrected chi connectivity index (χ3v) is 5.60. The van der Waals surface area contributed by atoms with E-state index in [1.54, 1.807) is 12.1 Å². The summed E-state index contributed by atoms with van der Waals surface area (Å²) in [7, 11) is 0. The average Bonchev–Trinajstić information content (AvgIpc) is 2.67. The molecule has 0 radical (unpaired) electrons. The van der Waals surface area contributed by atoms with Crippen LogP contribution in [0.5, 0.6) is 11.5 Å². The molecule has 0 aromatic heterocycles. The standard InChI is InChI=1S/C26H30O2/c1-17-9-11-25(27)23(13-17)19(3)15-21-7-5-6-8-22(21)16-20(4)24-14-18(2)10-12-26(24)28/h5-14,19-20,27-28H,15-16H2,1-4H3. The zero-order valence-electron chi connectivity index (χ0n) is 17.2. The van der Waals surface area contributed by atoms with Crippen molar-refractivity contribution in [2.45, 2.75) is 52.4 Å². The normalized spacial score (nSPS) is 13.3. The number of aromatic hydroxyl groups is 2. The highest BCUT2D eigenvalue weighted by atomic mass is 16.3. The largest absolute Gasteiger partial charge is 0.508 e. The molecule has 2 heteroatoms. The van der Waals surface area contributed by atoms with Gasteiger partial charge in [0.2, 0.25) is 0 Å². The second-order valence-corrected chi connectivity index (χ2v) is 8.10. The number of benzene rings is 3. The first-order chi connectivity index (χ1) is 13.3. The molecule has 146 valence electrons. The Kier molecular flexibility index (Phi) is 6.08. The first-order valence-corrected chi connectivity index (χ1v) is 10.0. The second kappa shape index (κ2) is 8.52. The van der Waals surface area contributed by atoms with Gasteiger partial charge >= 0.3 is 0 Å². The number of phenolic OH excluding ortho intramolecular Hbond substituents is 2. The summed E-state index contributed by atoms with van der Waals surface area (Å²) in [5, 5.41) is 20.6. The van der Waals surface area contributed by atoms with Crippen molar-refractivity contribution in [3.8, 4) is 11.5 Å². The molecule has 0 amide bonds. The fourth-order valence-electron chi connectivity index (χ4n) is 3.97. The molecule has 3 rings (SSSR count). The van der Waals surface area contributed by atoms with Crippen LogP contribution in [0.2, 0.25) is 0 Å². The van der Waals surface area contributed by atoms with Gasteiger partial charge in [0.1, 0.15) is 11.5 Å². The van der Waals surface area contributed by atoms with Crippen LogP contribution in [0.15, 0.2) is 60.7 Å². The molecule has 2 unspecified atom stereocenters. The molecular formula is C26H30O2. The van der Waals surface area contributed by atoms with Gasteiger partial charge in [0.15, 0.2) is 0 Å². The van der Waals surface area contributed by atoms with Gasteiger partial charge in [0.05, 0.1) is 0 Å². The summed E-state index contributed by atoms with van der Waals surface area (Å²) in [5.41, 5.74) is 6.93. The Bertz CT molecular complexity index is 880. The number of rotatable bonds is 6.